The molecule has 0 aliphatic heterocycles. The average Bonchev–Trinajstić information content (AvgIpc) is 2.48. The molecule has 0 saturated heterocycles. The molecule has 0 amide bonds. The third-order valence-electron chi connectivity index (χ3n) is 2.92. The van der Waals surface area contributed by atoms with Crippen molar-refractivity contribution < 1.29 is 14.2 Å². The van der Waals surface area contributed by atoms with Gasteiger partial charge >= 0.3 is 0 Å². The Morgan fingerprint density at radius 2 is 1.95 bits per heavy atom. The van der Waals surface area contributed by atoms with Crippen LogP contribution in [-0.4, -0.2) is 18.8 Å². The van der Waals surface area contributed by atoms with Gasteiger partial charge in [-0.3, -0.25) is 0 Å². The molecule has 1 atom stereocenters. The zero-order valence-corrected chi connectivity index (χ0v) is 11.7. The van der Waals surface area contributed by atoms with Crippen molar-refractivity contribution >= 4 is 17.3 Å². The van der Waals surface area contributed by atoms with E-state index in [1.54, 1.807) is 37.4 Å². The topological polar surface area (TPSA) is 41.5 Å². The molecule has 2 aromatic rings. The molecule has 0 fully saturated rings. The van der Waals surface area contributed by atoms with Crippen molar-refractivity contribution in [1.82, 2.24) is 0 Å². The molecule has 2 N–H and O–H groups in total. The van der Waals surface area contributed by atoms with Gasteiger partial charge in [0, 0.05) is 12.2 Å². The maximum atomic E-state index is 13.3. The maximum absolute atomic E-state index is 13.3. The summed E-state index contributed by atoms with van der Waals surface area (Å²) in [6, 6.07) is 11.6. The normalized spacial score (nSPS) is 12.0. The van der Waals surface area contributed by atoms with Crippen LogP contribution in [0.1, 0.15) is 11.7 Å². The number of hydrogen-bond acceptors (Lipinski definition) is 3. The zero-order valence-electron chi connectivity index (χ0n) is 10.9. The minimum Gasteiger partial charge on any atom is -0.497 e. The highest BCUT2D eigenvalue weighted by atomic mass is 35.5. The smallest absolute Gasteiger partial charge is 0.143 e. The summed E-state index contributed by atoms with van der Waals surface area (Å²) in [6.07, 6.45) is -0.695. The van der Waals surface area contributed by atoms with Gasteiger partial charge in [-0.2, -0.15) is 0 Å². The van der Waals surface area contributed by atoms with Gasteiger partial charge in [0.15, 0.2) is 0 Å². The molecule has 2 rings (SSSR count). The average molecular weight is 296 g/mol. The van der Waals surface area contributed by atoms with Crippen molar-refractivity contribution in [1.29, 1.82) is 0 Å². The monoisotopic (exact) mass is 295 g/mol. The number of ether oxygens (including phenoxy) is 1. The second-order valence-electron chi connectivity index (χ2n) is 4.30. The lowest BCUT2D eigenvalue weighted by Gasteiger charge is -2.14. The summed E-state index contributed by atoms with van der Waals surface area (Å²) in [7, 11) is 1.59. The van der Waals surface area contributed by atoms with E-state index in [0.717, 1.165) is 11.3 Å². The standard InChI is InChI=1S/C15H15ClFNO2/c1-20-12-5-2-10(3-6-12)15(19)9-18-11-4-7-13(16)14(17)8-11/h2-8,15,18-19H,9H2,1H3. The van der Waals surface area contributed by atoms with Crippen LogP contribution in [-0.2, 0) is 0 Å². The third-order valence-corrected chi connectivity index (χ3v) is 3.23. The highest BCUT2D eigenvalue weighted by molar-refractivity contribution is 6.30. The number of rotatable bonds is 5. The second kappa shape index (κ2) is 6.59. The van der Waals surface area contributed by atoms with Crippen LogP contribution < -0.4 is 10.1 Å². The molecule has 3 nitrogen and oxygen atoms in total. The van der Waals surface area contributed by atoms with Gasteiger partial charge in [0.1, 0.15) is 11.6 Å². The minimum absolute atomic E-state index is 0.0752. The molecule has 0 radical (unpaired) electrons. The number of methoxy groups -OCH3 is 1. The summed E-state index contributed by atoms with van der Waals surface area (Å²) in [5.41, 5.74) is 1.33. The minimum atomic E-state index is -0.695. The molecular formula is C15H15ClFNO2. The van der Waals surface area contributed by atoms with E-state index < -0.39 is 11.9 Å². The predicted molar refractivity (Wildman–Crippen MR) is 77.9 cm³/mol. The van der Waals surface area contributed by atoms with Gasteiger partial charge in [0.05, 0.1) is 18.2 Å². The summed E-state index contributed by atoms with van der Waals surface area (Å²) < 4.78 is 18.3. The highest BCUT2D eigenvalue weighted by Crippen LogP contribution is 2.21. The van der Waals surface area contributed by atoms with Crippen LogP contribution in [0.2, 0.25) is 5.02 Å². The van der Waals surface area contributed by atoms with Crippen LogP contribution in [0.4, 0.5) is 10.1 Å². The van der Waals surface area contributed by atoms with E-state index >= 15 is 0 Å². The van der Waals surface area contributed by atoms with Crippen LogP contribution in [0.3, 0.4) is 0 Å². The highest BCUT2D eigenvalue weighted by Gasteiger charge is 2.08. The molecule has 20 heavy (non-hydrogen) atoms. The molecule has 2 aromatic carbocycles. The number of halogens is 2. The third kappa shape index (κ3) is 3.62. The molecule has 0 heterocycles. The van der Waals surface area contributed by atoms with Crippen molar-refractivity contribution in [3.8, 4) is 5.75 Å². The number of nitrogens with one attached hydrogen (secondary N) is 1. The van der Waals surface area contributed by atoms with E-state index in [-0.39, 0.29) is 11.6 Å². The van der Waals surface area contributed by atoms with E-state index in [1.807, 2.05) is 0 Å². The number of aliphatic hydroxyl groups is 1. The van der Waals surface area contributed by atoms with Crippen LogP contribution >= 0.6 is 11.6 Å². The lowest BCUT2D eigenvalue weighted by Crippen LogP contribution is -2.12. The molecule has 0 aliphatic rings. The SMILES string of the molecule is COc1ccc(C(O)CNc2ccc(Cl)c(F)c2)cc1. The number of hydrogen-bond donors (Lipinski definition) is 2. The molecule has 0 aromatic heterocycles. The van der Waals surface area contributed by atoms with Crippen molar-refractivity contribution in [2.24, 2.45) is 0 Å². The lowest BCUT2D eigenvalue weighted by molar-refractivity contribution is 0.191. The zero-order chi connectivity index (χ0) is 14.5. The lowest BCUT2D eigenvalue weighted by atomic mass is 10.1. The second-order valence-corrected chi connectivity index (χ2v) is 4.71. The Hall–Kier alpha value is -1.78. The fraction of sp³-hybridized carbons (Fsp3) is 0.200. The molecule has 106 valence electrons. The van der Waals surface area contributed by atoms with Gasteiger partial charge < -0.3 is 15.2 Å². The molecule has 0 aliphatic carbocycles. The fourth-order valence-corrected chi connectivity index (χ4v) is 1.88. The van der Waals surface area contributed by atoms with Crippen molar-refractivity contribution in [2.75, 3.05) is 19.0 Å². The van der Waals surface area contributed by atoms with Gasteiger partial charge in [-0.15, -0.1) is 0 Å². The molecule has 0 spiro atoms. The van der Waals surface area contributed by atoms with Crippen LogP contribution in [0, 0.1) is 5.82 Å². The van der Waals surface area contributed by atoms with E-state index in [4.69, 9.17) is 16.3 Å². The largest absolute Gasteiger partial charge is 0.497 e. The van der Waals surface area contributed by atoms with Crippen LogP contribution in [0.15, 0.2) is 42.5 Å². The fourth-order valence-electron chi connectivity index (χ4n) is 1.76. The van der Waals surface area contributed by atoms with Gasteiger partial charge in [-0.05, 0) is 35.9 Å². The molecular weight excluding hydrogens is 281 g/mol. The predicted octanol–water partition coefficient (Wildman–Crippen LogP) is 3.63. The summed E-state index contributed by atoms with van der Waals surface area (Å²) in [4.78, 5) is 0. The number of aliphatic hydroxyl groups excluding tert-OH is 1. The van der Waals surface area contributed by atoms with Gasteiger partial charge in [0.2, 0.25) is 0 Å². The van der Waals surface area contributed by atoms with Gasteiger partial charge in [-0.25, -0.2) is 4.39 Å². The van der Waals surface area contributed by atoms with Gasteiger partial charge in [0.25, 0.3) is 0 Å². The van der Waals surface area contributed by atoms with Crippen molar-refractivity contribution in [3.05, 3.63) is 58.9 Å². The Balaban J connectivity index is 1.96. The first-order valence-corrected chi connectivity index (χ1v) is 6.49. The summed E-state index contributed by atoms with van der Waals surface area (Å²) >= 11 is 5.60. The molecule has 1 unspecified atom stereocenters. The summed E-state index contributed by atoms with van der Waals surface area (Å²) in [6.45, 7) is 0.271. The maximum Gasteiger partial charge on any atom is 0.143 e. The van der Waals surface area contributed by atoms with E-state index in [9.17, 15) is 9.50 Å². The number of benzene rings is 2. The van der Waals surface area contributed by atoms with Crippen molar-refractivity contribution in [2.45, 2.75) is 6.10 Å². The Labute approximate surface area is 122 Å². The first-order chi connectivity index (χ1) is 9.60. The summed E-state index contributed by atoms with van der Waals surface area (Å²) in [5, 5.41) is 13.1. The van der Waals surface area contributed by atoms with E-state index in [2.05, 4.69) is 5.32 Å². The molecule has 0 bridgehead atoms. The Bertz CT molecular complexity index is 575. The first-order valence-electron chi connectivity index (χ1n) is 6.11. The van der Waals surface area contributed by atoms with E-state index in [1.165, 1.54) is 12.1 Å². The van der Waals surface area contributed by atoms with Crippen molar-refractivity contribution in [3.63, 3.8) is 0 Å². The Morgan fingerprint density at radius 1 is 1.25 bits per heavy atom. The van der Waals surface area contributed by atoms with Crippen LogP contribution in [0.5, 0.6) is 5.75 Å². The van der Waals surface area contributed by atoms with E-state index in [0.29, 0.717) is 5.69 Å². The Kier molecular flexibility index (Phi) is 4.82. The Morgan fingerprint density at radius 3 is 2.55 bits per heavy atom. The molecule has 5 heteroatoms. The number of anilines is 1. The first kappa shape index (κ1) is 14.6. The molecule has 0 saturated carbocycles. The van der Waals surface area contributed by atoms with Gasteiger partial charge in [-0.1, -0.05) is 23.7 Å². The van der Waals surface area contributed by atoms with Crippen LogP contribution in [0.25, 0.3) is 0 Å². The quantitative estimate of drug-likeness (QED) is 0.885. The summed E-state index contributed by atoms with van der Waals surface area (Å²) in [5.74, 6) is 0.240.